The summed E-state index contributed by atoms with van der Waals surface area (Å²) >= 11 is 6.27. The number of amides is 1. The first-order valence-corrected chi connectivity index (χ1v) is 9.58. The van der Waals surface area contributed by atoms with Crippen molar-refractivity contribution in [2.24, 2.45) is 5.73 Å². The lowest BCUT2D eigenvalue weighted by Gasteiger charge is -2.34. The highest BCUT2D eigenvalue weighted by Crippen LogP contribution is 2.27. The summed E-state index contributed by atoms with van der Waals surface area (Å²) in [5.74, 6) is -0.414. The SMILES string of the molecule is CC=C(C)c1nc(C(N)=O)c(Nc2ccc(N3CCN(C)CC3)cc2)nc1Cl. The molecule has 3 N–H and O–H groups in total. The maximum absolute atomic E-state index is 11.9. The van der Waals surface area contributed by atoms with Gasteiger partial charge in [0, 0.05) is 37.6 Å². The van der Waals surface area contributed by atoms with Crippen molar-refractivity contribution in [2.75, 3.05) is 43.4 Å². The van der Waals surface area contributed by atoms with E-state index >= 15 is 0 Å². The van der Waals surface area contributed by atoms with Crippen LogP contribution in [0.15, 0.2) is 30.3 Å². The largest absolute Gasteiger partial charge is 0.369 e. The first-order chi connectivity index (χ1) is 13.4. The number of hydrogen-bond acceptors (Lipinski definition) is 6. The van der Waals surface area contributed by atoms with Gasteiger partial charge in [-0.1, -0.05) is 17.7 Å². The molecule has 0 saturated carbocycles. The molecular weight excluding hydrogens is 376 g/mol. The minimum atomic E-state index is -0.661. The average molecular weight is 401 g/mol. The number of nitrogens with two attached hydrogens (primary N) is 1. The number of rotatable bonds is 5. The topological polar surface area (TPSA) is 87.4 Å². The van der Waals surface area contributed by atoms with Gasteiger partial charge in [-0.15, -0.1) is 0 Å². The molecule has 1 aliphatic heterocycles. The Hall–Kier alpha value is -2.64. The Morgan fingerprint density at radius 2 is 1.79 bits per heavy atom. The van der Waals surface area contributed by atoms with Crippen LogP contribution >= 0.6 is 11.6 Å². The zero-order chi connectivity index (χ0) is 20.3. The first kappa shape index (κ1) is 20.1. The Morgan fingerprint density at radius 1 is 1.14 bits per heavy atom. The van der Waals surface area contributed by atoms with Gasteiger partial charge in [0.2, 0.25) is 0 Å². The van der Waals surface area contributed by atoms with Gasteiger partial charge in [0.15, 0.2) is 16.7 Å². The Bertz CT molecular complexity index is 888. The van der Waals surface area contributed by atoms with Crippen molar-refractivity contribution in [2.45, 2.75) is 13.8 Å². The zero-order valence-electron chi connectivity index (χ0n) is 16.4. The Labute approximate surface area is 170 Å². The number of aromatic nitrogens is 2. The van der Waals surface area contributed by atoms with Crippen LogP contribution in [0.5, 0.6) is 0 Å². The predicted molar refractivity (Wildman–Crippen MR) is 114 cm³/mol. The van der Waals surface area contributed by atoms with Gasteiger partial charge in [0.25, 0.3) is 5.91 Å². The Morgan fingerprint density at radius 3 is 2.36 bits per heavy atom. The van der Waals surface area contributed by atoms with Crippen LogP contribution in [-0.4, -0.2) is 54.0 Å². The predicted octanol–water partition coefficient (Wildman–Crippen LogP) is 3.15. The summed E-state index contributed by atoms with van der Waals surface area (Å²) in [7, 11) is 2.13. The number of carbonyl (C=O) groups is 1. The summed E-state index contributed by atoms with van der Waals surface area (Å²) < 4.78 is 0. The second-order valence-electron chi connectivity index (χ2n) is 6.86. The van der Waals surface area contributed by atoms with Gasteiger partial charge in [-0.25, -0.2) is 9.97 Å². The minimum absolute atomic E-state index is 0.0590. The van der Waals surface area contributed by atoms with Gasteiger partial charge in [0.1, 0.15) is 5.69 Å². The summed E-state index contributed by atoms with van der Waals surface area (Å²) in [6.07, 6.45) is 1.85. The maximum atomic E-state index is 11.9. The Kier molecular flexibility index (Phi) is 6.16. The maximum Gasteiger partial charge on any atom is 0.271 e. The van der Waals surface area contributed by atoms with Gasteiger partial charge >= 0.3 is 0 Å². The van der Waals surface area contributed by atoms with E-state index in [9.17, 15) is 4.79 Å². The molecule has 0 bridgehead atoms. The smallest absolute Gasteiger partial charge is 0.271 e. The molecule has 1 aromatic carbocycles. The van der Waals surface area contributed by atoms with Crippen LogP contribution < -0.4 is 16.0 Å². The first-order valence-electron chi connectivity index (χ1n) is 9.20. The van der Waals surface area contributed by atoms with Crippen molar-refractivity contribution in [3.05, 3.63) is 46.9 Å². The number of nitrogens with zero attached hydrogens (tertiary/aromatic N) is 4. The van der Waals surface area contributed by atoms with Crippen molar-refractivity contribution in [3.8, 4) is 0 Å². The lowest BCUT2D eigenvalue weighted by Crippen LogP contribution is -2.44. The van der Waals surface area contributed by atoms with E-state index in [1.54, 1.807) is 0 Å². The van der Waals surface area contributed by atoms with Crippen LogP contribution in [0.4, 0.5) is 17.2 Å². The van der Waals surface area contributed by atoms with Crippen LogP contribution in [0.1, 0.15) is 30.0 Å². The van der Waals surface area contributed by atoms with Crippen LogP contribution in [0.2, 0.25) is 5.15 Å². The molecule has 7 nitrogen and oxygen atoms in total. The lowest BCUT2D eigenvalue weighted by atomic mass is 10.2. The molecule has 0 radical (unpaired) electrons. The molecule has 0 atom stereocenters. The van der Waals surface area contributed by atoms with Gasteiger partial charge in [0.05, 0.1) is 0 Å². The number of piperazine rings is 1. The van der Waals surface area contributed by atoms with Gasteiger partial charge in [-0.3, -0.25) is 4.79 Å². The van der Waals surface area contributed by atoms with Crippen molar-refractivity contribution >= 4 is 40.3 Å². The fourth-order valence-electron chi connectivity index (χ4n) is 3.02. The third-order valence-corrected chi connectivity index (χ3v) is 5.16. The monoisotopic (exact) mass is 400 g/mol. The molecule has 3 rings (SSSR count). The number of halogens is 1. The van der Waals surface area contributed by atoms with Crippen LogP contribution in [0, 0.1) is 0 Å². The fraction of sp³-hybridized carbons (Fsp3) is 0.350. The summed E-state index contributed by atoms with van der Waals surface area (Å²) in [4.78, 5) is 25.2. The average Bonchev–Trinajstić information content (AvgIpc) is 2.68. The molecule has 2 heterocycles. The molecular formula is C20H25ClN6O. The summed E-state index contributed by atoms with van der Waals surface area (Å²) in [6.45, 7) is 7.82. The van der Waals surface area contributed by atoms with Crippen molar-refractivity contribution in [1.29, 1.82) is 0 Å². The zero-order valence-corrected chi connectivity index (χ0v) is 17.1. The van der Waals surface area contributed by atoms with Crippen LogP contribution in [0.25, 0.3) is 5.57 Å². The van der Waals surface area contributed by atoms with Crippen molar-refractivity contribution in [3.63, 3.8) is 0 Å². The molecule has 1 aliphatic rings. The van der Waals surface area contributed by atoms with E-state index in [0.717, 1.165) is 43.1 Å². The van der Waals surface area contributed by atoms with E-state index in [-0.39, 0.29) is 16.7 Å². The molecule has 148 valence electrons. The second-order valence-corrected chi connectivity index (χ2v) is 7.22. The van der Waals surface area contributed by atoms with Crippen molar-refractivity contribution in [1.82, 2.24) is 14.9 Å². The van der Waals surface area contributed by atoms with Crippen molar-refractivity contribution < 1.29 is 4.79 Å². The highest BCUT2D eigenvalue weighted by atomic mass is 35.5. The number of allylic oxidation sites excluding steroid dienone is 2. The fourth-order valence-corrected chi connectivity index (χ4v) is 3.29. The number of benzene rings is 1. The standard InChI is InChI=1S/C20H25ClN6O/c1-4-13(2)16-18(21)25-20(17(24-16)19(22)28)23-14-5-7-15(8-6-14)27-11-9-26(3)10-12-27/h4-8H,9-12H2,1-3H3,(H2,22,28)(H,23,25). The molecule has 0 unspecified atom stereocenters. The number of carbonyl (C=O) groups excluding carboxylic acids is 1. The number of likely N-dealkylation sites (N-methyl/N-ethyl adjacent to an activating group) is 1. The third kappa shape index (κ3) is 4.43. The van der Waals surface area contributed by atoms with Gasteiger partial charge < -0.3 is 20.9 Å². The van der Waals surface area contributed by atoms with Gasteiger partial charge in [-0.2, -0.15) is 0 Å². The number of primary amides is 1. The minimum Gasteiger partial charge on any atom is -0.369 e. The molecule has 0 aliphatic carbocycles. The van der Waals surface area contributed by atoms with Gasteiger partial charge in [-0.05, 0) is 50.7 Å². The Balaban J connectivity index is 1.83. The lowest BCUT2D eigenvalue weighted by molar-refractivity contribution is 0.0996. The molecule has 1 saturated heterocycles. The second kappa shape index (κ2) is 8.58. The summed E-state index contributed by atoms with van der Waals surface area (Å²) in [5, 5.41) is 3.33. The third-order valence-electron chi connectivity index (χ3n) is 4.89. The molecule has 2 aromatic rings. The molecule has 1 amide bonds. The van der Waals surface area contributed by atoms with Crippen LogP contribution in [0.3, 0.4) is 0 Å². The van der Waals surface area contributed by atoms with E-state index in [1.807, 2.05) is 44.2 Å². The summed E-state index contributed by atoms with van der Waals surface area (Å²) in [5.41, 5.74) is 8.78. The molecule has 0 spiro atoms. The molecule has 1 fully saturated rings. The highest BCUT2D eigenvalue weighted by molar-refractivity contribution is 6.31. The van der Waals surface area contributed by atoms with E-state index in [0.29, 0.717) is 5.69 Å². The highest BCUT2D eigenvalue weighted by Gasteiger charge is 2.18. The van der Waals surface area contributed by atoms with E-state index in [4.69, 9.17) is 17.3 Å². The molecule has 28 heavy (non-hydrogen) atoms. The van der Waals surface area contributed by atoms with E-state index in [2.05, 4.69) is 32.1 Å². The quantitative estimate of drug-likeness (QED) is 0.801. The van der Waals surface area contributed by atoms with E-state index < -0.39 is 5.91 Å². The van der Waals surface area contributed by atoms with E-state index in [1.165, 1.54) is 0 Å². The van der Waals surface area contributed by atoms with Crippen LogP contribution in [-0.2, 0) is 0 Å². The molecule has 8 heteroatoms. The normalized spacial score (nSPS) is 15.6. The molecule has 1 aromatic heterocycles. The number of hydrogen-bond donors (Lipinski definition) is 2. The number of anilines is 3. The summed E-state index contributed by atoms with van der Waals surface area (Å²) in [6, 6.07) is 7.98. The number of nitrogens with one attached hydrogen (secondary N) is 1.